The molecule has 0 radical (unpaired) electrons. The van der Waals surface area contributed by atoms with Crippen LogP contribution in [0.3, 0.4) is 0 Å². The Labute approximate surface area is 87.2 Å². The Hall–Kier alpha value is -1.30. The van der Waals surface area contributed by atoms with E-state index in [2.05, 4.69) is 5.32 Å². The molecule has 0 saturated carbocycles. The monoisotopic (exact) mass is 214 g/mol. The molecule has 84 valence electrons. The van der Waals surface area contributed by atoms with Gasteiger partial charge in [-0.2, -0.15) is 0 Å². The number of carbonyl (C=O) groups excluding carboxylic acids is 1. The van der Waals surface area contributed by atoms with Gasteiger partial charge in [-0.1, -0.05) is 0 Å². The summed E-state index contributed by atoms with van der Waals surface area (Å²) >= 11 is 0. The number of hydrogen-bond acceptors (Lipinski definition) is 3. The number of carboxylic acid groups (broad SMARTS) is 1. The lowest BCUT2D eigenvalue weighted by Gasteiger charge is -2.37. The second-order valence-electron chi connectivity index (χ2n) is 3.95. The van der Waals surface area contributed by atoms with Crippen LogP contribution in [0.5, 0.6) is 0 Å². The highest BCUT2D eigenvalue weighted by molar-refractivity contribution is 5.79. The highest BCUT2D eigenvalue weighted by atomic mass is 16.5. The second kappa shape index (κ2) is 4.06. The van der Waals surface area contributed by atoms with Crippen LogP contribution in [0.25, 0.3) is 0 Å². The predicted octanol–water partition coefficient (Wildman–Crippen LogP) is -0.499. The molecule has 0 aliphatic carbocycles. The zero-order valence-corrected chi connectivity index (χ0v) is 8.31. The summed E-state index contributed by atoms with van der Waals surface area (Å²) in [6.45, 7) is 1.87. The summed E-state index contributed by atoms with van der Waals surface area (Å²) in [6, 6.07) is -0.0932. The maximum atomic E-state index is 11.5. The molecule has 6 heteroatoms. The van der Waals surface area contributed by atoms with Gasteiger partial charge in [-0.05, 0) is 6.42 Å². The van der Waals surface area contributed by atoms with Gasteiger partial charge >= 0.3 is 12.0 Å². The third-order valence-electron chi connectivity index (χ3n) is 2.78. The fraction of sp³-hybridized carbons (Fsp3) is 0.778. The van der Waals surface area contributed by atoms with Crippen LogP contribution in [-0.4, -0.2) is 54.4 Å². The average Bonchev–Trinajstić information content (AvgIpc) is 2.52. The van der Waals surface area contributed by atoms with Gasteiger partial charge in [-0.3, -0.25) is 4.79 Å². The van der Waals surface area contributed by atoms with E-state index in [1.54, 1.807) is 0 Å². The van der Waals surface area contributed by atoms with Crippen LogP contribution in [0.15, 0.2) is 0 Å². The van der Waals surface area contributed by atoms with Gasteiger partial charge in [-0.25, -0.2) is 4.79 Å². The second-order valence-corrected chi connectivity index (χ2v) is 3.95. The molecule has 1 unspecified atom stereocenters. The fourth-order valence-corrected chi connectivity index (χ4v) is 1.71. The van der Waals surface area contributed by atoms with Crippen LogP contribution in [0.1, 0.15) is 6.42 Å². The van der Waals surface area contributed by atoms with Crippen molar-refractivity contribution in [2.75, 3.05) is 26.3 Å². The van der Waals surface area contributed by atoms with Gasteiger partial charge in [0, 0.05) is 19.7 Å². The van der Waals surface area contributed by atoms with Crippen molar-refractivity contribution in [1.82, 2.24) is 10.2 Å². The molecule has 15 heavy (non-hydrogen) atoms. The number of nitrogens with one attached hydrogen (secondary N) is 1. The SMILES string of the molecule is O=C(O)C1CN(C(=O)NC2CCOC2)C1. The summed E-state index contributed by atoms with van der Waals surface area (Å²) in [7, 11) is 0. The highest BCUT2D eigenvalue weighted by Crippen LogP contribution is 2.16. The van der Waals surface area contributed by atoms with Crippen LogP contribution in [-0.2, 0) is 9.53 Å². The Morgan fingerprint density at radius 2 is 2.13 bits per heavy atom. The molecule has 1 atom stereocenters. The summed E-state index contributed by atoms with van der Waals surface area (Å²) in [6.07, 6.45) is 0.835. The van der Waals surface area contributed by atoms with Crippen LogP contribution in [0.2, 0.25) is 0 Å². The Kier molecular flexibility index (Phi) is 2.77. The lowest BCUT2D eigenvalue weighted by atomic mass is 10.0. The molecule has 2 rings (SSSR count). The van der Waals surface area contributed by atoms with E-state index in [1.807, 2.05) is 0 Å². The minimum absolute atomic E-state index is 0.0846. The van der Waals surface area contributed by atoms with Crippen molar-refractivity contribution in [3.8, 4) is 0 Å². The molecule has 2 heterocycles. The van der Waals surface area contributed by atoms with Crippen molar-refractivity contribution < 1.29 is 19.4 Å². The molecule has 2 aliphatic rings. The summed E-state index contributed by atoms with van der Waals surface area (Å²) < 4.78 is 5.12. The molecular weight excluding hydrogens is 200 g/mol. The Morgan fingerprint density at radius 3 is 2.67 bits per heavy atom. The van der Waals surface area contributed by atoms with E-state index in [0.717, 1.165) is 6.42 Å². The summed E-state index contributed by atoms with van der Waals surface area (Å²) in [5.74, 6) is -1.22. The van der Waals surface area contributed by atoms with Gasteiger partial charge in [0.2, 0.25) is 0 Å². The van der Waals surface area contributed by atoms with E-state index in [0.29, 0.717) is 26.3 Å². The van der Waals surface area contributed by atoms with Gasteiger partial charge in [-0.15, -0.1) is 0 Å². The predicted molar refractivity (Wildman–Crippen MR) is 50.5 cm³/mol. The zero-order chi connectivity index (χ0) is 10.8. The summed E-state index contributed by atoms with van der Waals surface area (Å²) in [5.41, 5.74) is 0. The maximum absolute atomic E-state index is 11.5. The lowest BCUT2D eigenvalue weighted by Crippen LogP contribution is -2.57. The van der Waals surface area contributed by atoms with Crippen LogP contribution >= 0.6 is 0 Å². The first-order valence-corrected chi connectivity index (χ1v) is 5.03. The molecule has 2 aliphatic heterocycles. The van der Waals surface area contributed by atoms with E-state index in [4.69, 9.17) is 9.84 Å². The molecule has 0 aromatic heterocycles. The number of nitrogens with zero attached hydrogens (tertiary/aromatic N) is 1. The average molecular weight is 214 g/mol. The van der Waals surface area contributed by atoms with Crippen molar-refractivity contribution in [1.29, 1.82) is 0 Å². The number of carbonyl (C=O) groups is 2. The summed E-state index contributed by atoms with van der Waals surface area (Å²) in [5, 5.41) is 11.4. The van der Waals surface area contributed by atoms with E-state index in [9.17, 15) is 9.59 Å². The number of rotatable bonds is 2. The van der Waals surface area contributed by atoms with Gasteiger partial charge in [0.05, 0.1) is 18.6 Å². The van der Waals surface area contributed by atoms with Gasteiger partial charge in [0.15, 0.2) is 0 Å². The number of hydrogen-bond donors (Lipinski definition) is 2. The standard InChI is InChI=1S/C9H14N2O4/c12-8(13)6-3-11(4-6)9(14)10-7-1-2-15-5-7/h6-7H,1-5H2,(H,10,14)(H,12,13). The largest absolute Gasteiger partial charge is 0.481 e. The number of likely N-dealkylation sites (tertiary alicyclic amines) is 1. The Morgan fingerprint density at radius 1 is 1.40 bits per heavy atom. The third kappa shape index (κ3) is 2.20. The number of amides is 2. The molecule has 2 N–H and O–H groups in total. The third-order valence-corrected chi connectivity index (χ3v) is 2.78. The van der Waals surface area contributed by atoms with Crippen molar-refractivity contribution in [2.24, 2.45) is 5.92 Å². The molecule has 2 amide bonds. The smallest absolute Gasteiger partial charge is 0.317 e. The number of ether oxygens (including phenoxy) is 1. The molecule has 2 fully saturated rings. The van der Waals surface area contributed by atoms with E-state index in [1.165, 1.54) is 4.90 Å². The normalized spacial score (nSPS) is 26.1. The Bertz CT molecular complexity index is 269. The minimum atomic E-state index is -0.830. The van der Waals surface area contributed by atoms with E-state index >= 15 is 0 Å². The first-order chi connectivity index (χ1) is 7.16. The number of urea groups is 1. The van der Waals surface area contributed by atoms with Crippen molar-refractivity contribution >= 4 is 12.0 Å². The molecule has 6 nitrogen and oxygen atoms in total. The first kappa shape index (κ1) is 10.2. The van der Waals surface area contributed by atoms with E-state index in [-0.39, 0.29) is 12.1 Å². The van der Waals surface area contributed by atoms with Crippen LogP contribution < -0.4 is 5.32 Å². The van der Waals surface area contributed by atoms with Crippen molar-refractivity contribution in [2.45, 2.75) is 12.5 Å². The topological polar surface area (TPSA) is 78.9 Å². The summed E-state index contributed by atoms with van der Waals surface area (Å²) in [4.78, 5) is 23.5. The number of carboxylic acids is 1. The van der Waals surface area contributed by atoms with Gasteiger partial charge in [0.1, 0.15) is 0 Å². The molecule has 0 aromatic rings. The number of aliphatic carboxylic acids is 1. The van der Waals surface area contributed by atoms with Crippen molar-refractivity contribution in [3.63, 3.8) is 0 Å². The van der Waals surface area contributed by atoms with Gasteiger partial charge < -0.3 is 20.1 Å². The quantitative estimate of drug-likeness (QED) is 0.649. The molecule has 0 bridgehead atoms. The van der Waals surface area contributed by atoms with Crippen molar-refractivity contribution in [3.05, 3.63) is 0 Å². The van der Waals surface area contributed by atoms with Gasteiger partial charge in [0.25, 0.3) is 0 Å². The minimum Gasteiger partial charge on any atom is -0.481 e. The zero-order valence-electron chi connectivity index (χ0n) is 8.31. The van der Waals surface area contributed by atoms with Crippen LogP contribution in [0, 0.1) is 5.92 Å². The lowest BCUT2D eigenvalue weighted by molar-refractivity contribution is -0.146. The maximum Gasteiger partial charge on any atom is 0.317 e. The molecule has 0 aromatic carbocycles. The highest BCUT2D eigenvalue weighted by Gasteiger charge is 2.36. The molecular formula is C9H14N2O4. The fourth-order valence-electron chi connectivity index (χ4n) is 1.71. The van der Waals surface area contributed by atoms with E-state index < -0.39 is 11.9 Å². The Balaban J connectivity index is 1.71. The first-order valence-electron chi connectivity index (χ1n) is 5.03. The molecule has 0 spiro atoms. The molecule has 2 saturated heterocycles. The van der Waals surface area contributed by atoms with Crippen LogP contribution in [0.4, 0.5) is 4.79 Å².